The third kappa shape index (κ3) is 4.15. The Morgan fingerprint density at radius 2 is 2.10 bits per heavy atom. The monoisotopic (exact) mass is 287 g/mol. The third-order valence-corrected chi connectivity index (χ3v) is 3.06. The molecule has 0 spiro atoms. The number of nitrogens with zero attached hydrogens (tertiary/aromatic N) is 2. The van der Waals surface area contributed by atoms with E-state index in [4.69, 9.17) is 4.52 Å². The van der Waals surface area contributed by atoms with Crippen LogP contribution in [0.25, 0.3) is 11.4 Å². The molecule has 1 aromatic heterocycles. The van der Waals surface area contributed by atoms with Gasteiger partial charge in [0.05, 0.1) is 0 Å². The number of hydrogen-bond donors (Lipinski definition) is 1. The summed E-state index contributed by atoms with van der Waals surface area (Å²) in [4.78, 5) is 16.1. The number of benzene rings is 1. The van der Waals surface area contributed by atoms with Crippen LogP contribution < -0.4 is 5.32 Å². The first-order chi connectivity index (χ1) is 9.95. The van der Waals surface area contributed by atoms with Gasteiger partial charge in [0.2, 0.25) is 17.6 Å². The predicted octanol–water partition coefficient (Wildman–Crippen LogP) is 3.27. The Balaban J connectivity index is 2.07. The van der Waals surface area contributed by atoms with Gasteiger partial charge in [0.25, 0.3) is 0 Å². The minimum absolute atomic E-state index is 0.00666. The van der Waals surface area contributed by atoms with Gasteiger partial charge in [-0.25, -0.2) is 0 Å². The highest BCUT2D eigenvalue weighted by atomic mass is 16.5. The molecule has 1 aromatic carbocycles. The lowest BCUT2D eigenvalue weighted by atomic mass is 10.1. The van der Waals surface area contributed by atoms with Crippen molar-refractivity contribution in [2.24, 2.45) is 5.92 Å². The molecular weight excluding hydrogens is 266 g/mol. The smallest absolute Gasteiger partial charge is 0.249 e. The van der Waals surface area contributed by atoms with Gasteiger partial charge in [-0.1, -0.05) is 42.8 Å². The number of carbonyl (C=O) groups excluding carboxylic acids is 1. The number of rotatable bonds is 5. The molecule has 2 rings (SSSR count). The van der Waals surface area contributed by atoms with Crippen molar-refractivity contribution in [1.82, 2.24) is 15.5 Å². The zero-order valence-electron chi connectivity index (χ0n) is 12.9. The molecule has 0 saturated heterocycles. The fourth-order valence-electron chi connectivity index (χ4n) is 2.05. The molecule has 0 bridgehead atoms. The van der Waals surface area contributed by atoms with Gasteiger partial charge in [0, 0.05) is 12.0 Å². The van der Waals surface area contributed by atoms with Gasteiger partial charge in [-0.3, -0.25) is 4.79 Å². The SMILES string of the molecule is Cc1cccc(-c2noc([C@@H](C)NC(=O)CC(C)C)n2)c1. The highest BCUT2D eigenvalue weighted by molar-refractivity contribution is 5.76. The van der Waals surface area contributed by atoms with Crippen LogP contribution in [0.4, 0.5) is 0 Å². The zero-order valence-corrected chi connectivity index (χ0v) is 12.9. The van der Waals surface area contributed by atoms with Crippen molar-refractivity contribution in [2.45, 2.75) is 40.2 Å². The number of aryl methyl sites for hydroxylation is 1. The van der Waals surface area contributed by atoms with Crippen LogP contribution in [0.15, 0.2) is 28.8 Å². The van der Waals surface area contributed by atoms with Crippen LogP contribution in [0.3, 0.4) is 0 Å². The summed E-state index contributed by atoms with van der Waals surface area (Å²) in [6.07, 6.45) is 0.489. The Labute approximate surface area is 124 Å². The molecule has 2 aromatic rings. The van der Waals surface area contributed by atoms with E-state index in [1.165, 1.54) is 0 Å². The fourth-order valence-corrected chi connectivity index (χ4v) is 2.05. The lowest BCUT2D eigenvalue weighted by molar-refractivity contribution is -0.122. The first-order valence-electron chi connectivity index (χ1n) is 7.15. The molecule has 5 nitrogen and oxygen atoms in total. The van der Waals surface area contributed by atoms with Crippen molar-refractivity contribution in [3.63, 3.8) is 0 Å². The summed E-state index contributed by atoms with van der Waals surface area (Å²) in [7, 11) is 0. The Morgan fingerprint density at radius 3 is 2.76 bits per heavy atom. The third-order valence-electron chi connectivity index (χ3n) is 3.06. The molecule has 0 aliphatic rings. The van der Waals surface area contributed by atoms with Gasteiger partial charge < -0.3 is 9.84 Å². The van der Waals surface area contributed by atoms with Crippen molar-refractivity contribution in [1.29, 1.82) is 0 Å². The van der Waals surface area contributed by atoms with Crippen LogP contribution in [-0.4, -0.2) is 16.0 Å². The minimum atomic E-state index is -0.290. The van der Waals surface area contributed by atoms with Crippen LogP contribution in [0.5, 0.6) is 0 Å². The Hall–Kier alpha value is -2.17. The lowest BCUT2D eigenvalue weighted by Gasteiger charge is -2.10. The molecule has 0 saturated carbocycles. The van der Waals surface area contributed by atoms with Crippen molar-refractivity contribution in [2.75, 3.05) is 0 Å². The predicted molar refractivity (Wildman–Crippen MR) is 80.5 cm³/mol. The summed E-state index contributed by atoms with van der Waals surface area (Å²) in [5, 5.41) is 6.85. The van der Waals surface area contributed by atoms with Gasteiger partial charge in [0.15, 0.2) is 0 Å². The molecule has 5 heteroatoms. The summed E-state index contributed by atoms with van der Waals surface area (Å²) >= 11 is 0. The molecule has 0 fully saturated rings. The maximum atomic E-state index is 11.8. The lowest BCUT2D eigenvalue weighted by Crippen LogP contribution is -2.27. The van der Waals surface area contributed by atoms with E-state index in [9.17, 15) is 4.79 Å². The highest BCUT2D eigenvalue weighted by Gasteiger charge is 2.17. The maximum Gasteiger partial charge on any atom is 0.249 e. The number of carbonyl (C=O) groups is 1. The van der Waals surface area contributed by atoms with Gasteiger partial charge in [0.1, 0.15) is 6.04 Å². The van der Waals surface area contributed by atoms with E-state index in [2.05, 4.69) is 15.5 Å². The molecule has 0 aliphatic carbocycles. The van der Waals surface area contributed by atoms with E-state index in [1.54, 1.807) is 0 Å². The topological polar surface area (TPSA) is 68.0 Å². The highest BCUT2D eigenvalue weighted by Crippen LogP contribution is 2.19. The van der Waals surface area contributed by atoms with Crippen LogP contribution in [0.1, 0.15) is 44.7 Å². The fraction of sp³-hybridized carbons (Fsp3) is 0.438. The zero-order chi connectivity index (χ0) is 15.4. The van der Waals surface area contributed by atoms with E-state index in [-0.39, 0.29) is 11.9 Å². The number of aromatic nitrogens is 2. The van der Waals surface area contributed by atoms with Crippen molar-refractivity contribution >= 4 is 5.91 Å². The molecule has 0 unspecified atom stereocenters. The average molecular weight is 287 g/mol. The van der Waals surface area contributed by atoms with Gasteiger partial charge >= 0.3 is 0 Å². The van der Waals surface area contributed by atoms with Gasteiger partial charge in [-0.05, 0) is 25.8 Å². The van der Waals surface area contributed by atoms with E-state index in [1.807, 2.05) is 52.0 Å². The second-order valence-corrected chi connectivity index (χ2v) is 5.71. The summed E-state index contributed by atoms with van der Waals surface area (Å²) in [5.41, 5.74) is 2.04. The second kappa shape index (κ2) is 6.52. The molecular formula is C16H21N3O2. The van der Waals surface area contributed by atoms with E-state index in [0.29, 0.717) is 24.1 Å². The standard InChI is InChI=1S/C16H21N3O2/c1-10(2)8-14(20)17-12(4)16-18-15(19-21-16)13-7-5-6-11(3)9-13/h5-7,9-10,12H,8H2,1-4H3,(H,17,20)/t12-/m1/s1. The number of nitrogens with one attached hydrogen (secondary N) is 1. The Morgan fingerprint density at radius 1 is 1.33 bits per heavy atom. The van der Waals surface area contributed by atoms with E-state index >= 15 is 0 Å². The number of amides is 1. The van der Waals surface area contributed by atoms with Crippen molar-refractivity contribution in [3.05, 3.63) is 35.7 Å². The molecule has 0 aliphatic heterocycles. The quantitative estimate of drug-likeness (QED) is 0.916. The Bertz CT molecular complexity index is 619. The molecule has 112 valence electrons. The summed E-state index contributed by atoms with van der Waals surface area (Å²) in [6, 6.07) is 7.61. The second-order valence-electron chi connectivity index (χ2n) is 5.71. The first-order valence-corrected chi connectivity index (χ1v) is 7.15. The molecule has 1 N–H and O–H groups in total. The van der Waals surface area contributed by atoms with E-state index < -0.39 is 0 Å². The molecule has 0 radical (unpaired) electrons. The van der Waals surface area contributed by atoms with Gasteiger partial charge in [-0.2, -0.15) is 4.98 Å². The van der Waals surface area contributed by atoms with Crippen molar-refractivity contribution < 1.29 is 9.32 Å². The van der Waals surface area contributed by atoms with Crippen LogP contribution in [0, 0.1) is 12.8 Å². The molecule has 21 heavy (non-hydrogen) atoms. The maximum absolute atomic E-state index is 11.8. The summed E-state index contributed by atoms with van der Waals surface area (Å²) in [6.45, 7) is 7.87. The van der Waals surface area contributed by atoms with Crippen LogP contribution in [-0.2, 0) is 4.79 Å². The largest absolute Gasteiger partial charge is 0.345 e. The first kappa shape index (κ1) is 15.2. The Kier molecular flexibility index (Phi) is 4.73. The van der Waals surface area contributed by atoms with Crippen LogP contribution in [0.2, 0.25) is 0 Å². The molecule has 1 heterocycles. The van der Waals surface area contributed by atoms with Gasteiger partial charge in [-0.15, -0.1) is 0 Å². The van der Waals surface area contributed by atoms with Crippen molar-refractivity contribution in [3.8, 4) is 11.4 Å². The molecule has 1 amide bonds. The van der Waals surface area contributed by atoms with E-state index in [0.717, 1.165) is 11.1 Å². The normalized spacial score (nSPS) is 12.4. The summed E-state index contributed by atoms with van der Waals surface area (Å²) in [5.74, 6) is 1.28. The minimum Gasteiger partial charge on any atom is -0.345 e. The number of hydrogen-bond acceptors (Lipinski definition) is 4. The molecule has 1 atom stereocenters. The van der Waals surface area contributed by atoms with Crippen LogP contribution >= 0.6 is 0 Å². The summed E-state index contributed by atoms with van der Waals surface area (Å²) < 4.78 is 5.25. The average Bonchev–Trinajstić information content (AvgIpc) is 2.87.